The molecule has 0 aromatic carbocycles. The van der Waals surface area contributed by atoms with Crippen LogP contribution in [0.25, 0.3) is 11.0 Å². The Morgan fingerprint density at radius 2 is 2.11 bits per heavy atom. The number of aromatic nitrogens is 3. The highest BCUT2D eigenvalue weighted by molar-refractivity contribution is 5.96. The number of aryl methyl sites for hydroxylation is 1. The van der Waals surface area contributed by atoms with Crippen LogP contribution in [0.2, 0.25) is 0 Å². The summed E-state index contributed by atoms with van der Waals surface area (Å²) in [5, 5.41) is 15.7. The third-order valence-electron chi connectivity index (χ3n) is 4.37. The van der Waals surface area contributed by atoms with Crippen LogP contribution in [0, 0.1) is 5.92 Å². The second-order valence-corrected chi connectivity index (χ2v) is 6.20. The molecular weight excluding hydrogens is 397 g/mol. The molecular formula is C16H23Cl2N5O4. The first-order chi connectivity index (χ1) is 12.0. The number of carbonyl (C=O) groups is 1. The van der Waals surface area contributed by atoms with Gasteiger partial charge in [-0.05, 0) is 12.5 Å². The van der Waals surface area contributed by atoms with E-state index in [1.807, 2.05) is 6.92 Å². The molecule has 3 heterocycles. The zero-order valence-electron chi connectivity index (χ0n) is 14.7. The molecule has 9 nitrogen and oxygen atoms in total. The maximum Gasteiger partial charge on any atom is 0.329 e. The first-order valence-corrected chi connectivity index (χ1v) is 8.31. The van der Waals surface area contributed by atoms with Gasteiger partial charge in [-0.25, -0.2) is 9.78 Å². The van der Waals surface area contributed by atoms with Crippen LogP contribution in [0.5, 0.6) is 0 Å². The second kappa shape index (κ2) is 9.84. The van der Waals surface area contributed by atoms with Crippen LogP contribution in [0.15, 0.2) is 21.9 Å². The van der Waals surface area contributed by atoms with Gasteiger partial charge in [0.15, 0.2) is 0 Å². The number of H-pyrrole nitrogens is 1. The van der Waals surface area contributed by atoms with Crippen LogP contribution in [0.4, 0.5) is 0 Å². The molecule has 4 N–H and O–H groups in total. The van der Waals surface area contributed by atoms with E-state index in [0.717, 1.165) is 0 Å². The van der Waals surface area contributed by atoms with Crippen molar-refractivity contribution in [3.8, 4) is 0 Å². The molecule has 11 heteroatoms. The number of β-amino-alcohol motifs (C(OH)–C–C–N with tert-alkyl or cyclic N) is 1. The highest BCUT2D eigenvalue weighted by atomic mass is 35.5. The van der Waals surface area contributed by atoms with Crippen molar-refractivity contribution in [2.75, 3.05) is 19.6 Å². The van der Waals surface area contributed by atoms with Crippen molar-refractivity contribution in [3.63, 3.8) is 0 Å². The molecule has 1 amide bonds. The third kappa shape index (κ3) is 4.86. The van der Waals surface area contributed by atoms with Crippen molar-refractivity contribution in [2.24, 2.45) is 5.92 Å². The number of nitrogens with zero attached hydrogens (tertiary/aromatic N) is 2. The Labute approximate surface area is 167 Å². The number of amides is 1. The molecule has 1 saturated heterocycles. The number of aliphatic hydroxyl groups is 1. The summed E-state index contributed by atoms with van der Waals surface area (Å²) >= 11 is 0. The summed E-state index contributed by atoms with van der Waals surface area (Å²) in [6.07, 6.45) is 1.58. The first-order valence-electron chi connectivity index (χ1n) is 8.31. The van der Waals surface area contributed by atoms with Crippen LogP contribution >= 0.6 is 24.8 Å². The minimum Gasteiger partial charge on any atom is -0.391 e. The molecule has 1 aliphatic heterocycles. The minimum absolute atomic E-state index is 0. The summed E-state index contributed by atoms with van der Waals surface area (Å²) in [4.78, 5) is 42.7. The summed E-state index contributed by atoms with van der Waals surface area (Å²) in [7, 11) is 0. The number of hydrogen-bond donors (Lipinski definition) is 4. The van der Waals surface area contributed by atoms with Crippen LogP contribution in [0.1, 0.15) is 23.7 Å². The van der Waals surface area contributed by atoms with Gasteiger partial charge in [-0.1, -0.05) is 6.92 Å². The molecule has 2 atom stereocenters. The topological polar surface area (TPSA) is 129 Å². The lowest BCUT2D eigenvalue weighted by molar-refractivity contribution is 0.0927. The van der Waals surface area contributed by atoms with Gasteiger partial charge in [0.05, 0.1) is 17.1 Å². The van der Waals surface area contributed by atoms with Crippen molar-refractivity contribution in [1.82, 2.24) is 25.2 Å². The van der Waals surface area contributed by atoms with Crippen LogP contribution in [-0.2, 0) is 6.54 Å². The second-order valence-electron chi connectivity index (χ2n) is 6.20. The Balaban J connectivity index is 0.00000182. The number of halogens is 2. The normalized spacial score (nSPS) is 18.6. The number of aromatic amines is 1. The Morgan fingerprint density at radius 1 is 1.37 bits per heavy atom. The van der Waals surface area contributed by atoms with E-state index in [4.69, 9.17) is 0 Å². The molecule has 3 rings (SSSR count). The molecule has 1 aliphatic rings. The molecule has 150 valence electrons. The number of rotatable bonds is 5. The predicted octanol–water partition coefficient (Wildman–Crippen LogP) is -0.351. The molecule has 2 aromatic heterocycles. The van der Waals surface area contributed by atoms with Crippen LogP contribution in [0.3, 0.4) is 0 Å². The number of carbonyl (C=O) groups excluding carboxylic acids is 1. The van der Waals surface area contributed by atoms with Gasteiger partial charge in [-0.3, -0.25) is 19.1 Å². The monoisotopic (exact) mass is 419 g/mol. The van der Waals surface area contributed by atoms with E-state index >= 15 is 0 Å². The van der Waals surface area contributed by atoms with Gasteiger partial charge in [-0.15, -0.1) is 24.8 Å². The molecule has 0 spiro atoms. The lowest BCUT2D eigenvalue weighted by atomic mass is 10.1. The summed E-state index contributed by atoms with van der Waals surface area (Å²) in [6.45, 7) is 3.83. The average molecular weight is 420 g/mol. The number of nitrogens with one attached hydrogen (secondary N) is 3. The van der Waals surface area contributed by atoms with Crippen molar-refractivity contribution in [3.05, 3.63) is 38.7 Å². The van der Waals surface area contributed by atoms with Crippen LogP contribution in [-0.4, -0.2) is 51.3 Å². The highest BCUT2D eigenvalue weighted by Crippen LogP contribution is 2.10. The molecule has 2 unspecified atom stereocenters. The quantitative estimate of drug-likeness (QED) is 0.523. The minimum atomic E-state index is -0.565. The van der Waals surface area contributed by atoms with Crippen molar-refractivity contribution in [2.45, 2.75) is 26.0 Å². The molecule has 0 bridgehead atoms. The van der Waals surface area contributed by atoms with Gasteiger partial charge in [0.1, 0.15) is 5.65 Å². The number of pyridine rings is 1. The lowest BCUT2D eigenvalue weighted by Crippen LogP contribution is -2.35. The number of hydrogen-bond acceptors (Lipinski definition) is 6. The number of fused-ring (bicyclic) bond motifs is 1. The van der Waals surface area contributed by atoms with Gasteiger partial charge >= 0.3 is 5.69 Å². The van der Waals surface area contributed by atoms with Crippen molar-refractivity contribution in [1.29, 1.82) is 0 Å². The summed E-state index contributed by atoms with van der Waals surface area (Å²) in [5.74, 6) is -0.420. The van der Waals surface area contributed by atoms with Gasteiger partial charge in [-0.2, -0.15) is 0 Å². The zero-order chi connectivity index (χ0) is 18.0. The largest absolute Gasteiger partial charge is 0.391 e. The highest BCUT2D eigenvalue weighted by Gasteiger charge is 2.25. The Kier molecular flexibility index (Phi) is 8.42. The predicted molar refractivity (Wildman–Crippen MR) is 106 cm³/mol. The van der Waals surface area contributed by atoms with E-state index in [2.05, 4.69) is 20.6 Å². The maximum atomic E-state index is 12.3. The Bertz CT molecular complexity index is 914. The van der Waals surface area contributed by atoms with Gasteiger partial charge in [0.2, 0.25) is 0 Å². The molecule has 2 aromatic rings. The fourth-order valence-electron chi connectivity index (χ4n) is 2.98. The van der Waals surface area contributed by atoms with Gasteiger partial charge in [0, 0.05) is 38.3 Å². The summed E-state index contributed by atoms with van der Waals surface area (Å²) < 4.78 is 1.39. The number of aliphatic hydroxyl groups excluding tert-OH is 1. The van der Waals surface area contributed by atoms with E-state index in [9.17, 15) is 19.5 Å². The average Bonchev–Trinajstić information content (AvgIpc) is 3.01. The molecule has 1 fully saturated rings. The lowest BCUT2D eigenvalue weighted by Gasteiger charge is -2.14. The molecule has 27 heavy (non-hydrogen) atoms. The molecule has 0 aliphatic carbocycles. The van der Waals surface area contributed by atoms with Crippen LogP contribution < -0.4 is 21.9 Å². The SMILES string of the molecule is CCCn1c(=O)[nH]c(=O)c2cc(C(=O)NCC3CNCC3O)cnc21.Cl.Cl. The van der Waals surface area contributed by atoms with Crippen molar-refractivity contribution < 1.29 is 9.90 Å². The van der Waals surface area contributed by atoms with E-state index in [-0.39, 0.29) is 53.2 Å². The van der Waals surface area contributed by atoms with E-state index in [1.54, 1.807) is 0 Å². The van der Waals surface area contributed by atoms with Crippen molar-refractivity contribution >= 4 is 41.8 Å². The van der Waals surface area contributed by atoms with E-state index < -0.39 is 17.4 Å². The Hall–Kier alpha value is -1.94. The Morgan fingerprint density at radius 3 is 2.74 bits per heavy atom. The van der Waals surface area contributed by atoms with E-state index in [0.29, 0.717) is 32.6 Å². The van der Waals surface area contributed by atoms with Gasteiger partial charge < -0.3 is 15.7 Å². The third-order valence-corrected chi connectivity index (χ3v) is 4.37. The zero-order valence-corrected chi connectivity index (χ0v) is 16.4. The summed E-state index contributed by atoms with van der Waals surface area (Å²) in [5.41, 5.74) is -0.570. The molecule has 0 radical (unpaired) electrons. The first kappa shape index (κ1) is 23.1. The standard InChI is InChI=1S/C16H21N5O4.2ClH/c1-2-3-21-13-11(15(24)20-16(21)25)4-9(6-18-13)14(23)19-7-10-5-17-8-12(10)22;;/h4,6,10,12,17,22H,2-3,5,7-8H2,1H3,(H,19,23)(H,20,24,25);2*1H. The maximum absolute atomic E-state index is 12.3. The van der Waals surface area contributed by atoms with E-state index in [1.165, 1.54) is 16.8 Å². The molecule has 0 saturated carbocycles. The fraction of sp³-hybridized carbons (Fsp3) is 0.500. The summed E-state index contributed by atoms with van der Waals surface area (Å²) in [6, 6.07) is 1.44. The fourth-order valence-corrected chi connectivity index (χ4v) is 2.98. The smallest absolute Gasteiger partial charge is 0.329 e. The van der Waals surface area contributed by atoms with Gasteiger partial charge in [0.25, 0.3) is 11.5 Å².